The van der Waals surface area contributed by atoms with Crippen LogP contribution in [0.4, 0.5) is 0 Å². The molecule has 0 saturated carbocycles. The first-order chi connectivity index (χ1) is 6.38. The number of benzene rings is 1. The van der Waals surface area contributed by atoms with Crippen LogP contribution in [0.1, 0.15) is 22.8 Å². The number of nitrogens with zero attached hydrogens (tertiary/aromatic N) is 1. The van der Waals surface area contributed by atoms with Crippen LogP contribution in [0.3, 0.4) is 0 Å². The highest BCUT2D eigenvalue weighted by Crippen LogP contribution is 2.13. The van der Waals surface area contributed by atoms with Gasteiger partial charge >= 0.3 is 0 Å². The number of carbonyl (C=O) groups is 1. The van der Waals surface area contributed by atoms with Gasteiger partial charge < -0.3 is 0 Å². The fraction of sp³-hybridized carbons (Fsp3) is 0.300. The van der Waals surface area contributed by atoms with Crippen LogP contribution in [0.25, 0.3) is 0 Å². The summed E-state index contributed by atoms with van der Waals surface area (Å²) in [5.41, 5.74) is 1.54. The molecule has 0 spiro atoms. The molecular formula is C10H14NO2S+. The van der Waals surface area contributed by atoms with E-state index in [0.29, 0.717) is 12.1 Å². The van der Waals surface area contributed by atoms with Gasteiger partial charge in [-0.1, -0.05) is 18.2 Å². The Kier molecular flexibility index (Phi) is 3.31. The Hall–Kier alpha value is -0.840. The minimum Gasteiger partial charge on any atom is -0.295 e. The predicted molar refractivity (Wildman–Crippen MR) is 57.1 cm³/mol. The van der Waals surface area contributed by atoms with Gasteiger partial charge in [0.1, 0.15) is 13.6 Å². The van der Waals surface area contributed by atoms with Gasteiger partial charge in [-0.15, -0.1) is 4.05 Å². The van der Waals surface area contributed by atoms with Crippen LogP contribution in [-0.4, -0.2) is 22.1 Å². The minimum absolute atomic E-state index is 0.0261. The minimum atomic E-state index is -0.429. The number of thiol groups is 1. The van der Waals surface area contributed by atoms with Crippen molar-refractivity contribution in [3.63, 3.8) is 0 Å². The van der Waals surface area contributed by atoms with Crippen molar-refractivity contribution in [2.24, 2.45) is 0 Å². The van der Waals surface area contributed by atoms with Crippen molar-refractivity contribution < 1.29 is 14.1 Å². The SMILES string of the molecule is CC(=O)c1cccc(C[N+](C)(O)S)c1. The summed E-state index contributed by atoms with van der Waals surface area (Å²) in [5, 5.41) is 9.42. The molecule has 1 aromatic rings. The summed E-state index contributed by atoms with van der Waals surface area (Å²) in [5.74, 6) is 0.0261. The first kappa shape index (κ1) is 11.2. The highest BCUT2D eigenvalue weighted by molar-refractivity contribution is 7.74. The maximum absolute atomic E-state index is 11.1. The normalized spacial score (nSPS) is 14.9. The predicted octanol–water partition coefficient (Wildman–Crippen LogP) is 2.07. The van der Waals surface area contributed by atoms with Crippen molar-refractivity contribution in [3.05, 3.63) is 35.4 Å². The fourth-order valence-electron chi connectivity index (χ4n) is 1.23. The third-order valence-electron chi connectivity index (χ3n) is 1.82. The summed E-state index contributed by atoms with van der Waals surface area (Å²) in [6, 6.07) is 7.18. The zero-order valence-corrected chi connectivity index (χ0v) is 9.16. The Morgan fingerprint density at radius 1 is 1.57 bits per heavy atom. The van der Waals surface area contributed by atoms with Crippen LogP contribution in [0.5, 0.6) is 0 Å². The van der Waals surface area contributed by atoms with Crippen molar-refractivity contribution in [3.8, 4) is 0 Å². The van der Waals surface area contributed by atoms with Gasteiger partial charge in [-0.2, -0.15) is 0 Å². The van der Waals surface area contributed by atoms with Crippen molar-refractivity contribution in [1.82, 2.24) is 0 Å². The quantitative estimate of drug-likeness (QED) is 0.348. The molecule has 0 heterocycles. The van der Waals surface area contributed by atoms with Crippen LogP contribution in [-0.2, 0) is 6.54 Å². The highest BCUT2D eigenvalue weighted by atomic mass is 32.1. The number of hydroxylamine groups is 2. The number of ketones is 1. The molecule has 0 saturated heterocycles. The lowest BCUT2D eigenvalue weighted by atomic mass is 10.1. The number of hydrogen-bond donors (Lipinski definition) is 2. The average Bonchev–Trinajstić information content (AvgIpc) is 2.01. The van der Waals surface area contributed by atoms with E-state index < -0.39 is 4.05 Å². The molecule has 0 aliphatic carbocycles. The molecule has 1 atom stereocenters. The second kappa shape index (κ2) is 4.13. The van der Waals surface area contributed by atoms with Crippen molar-refractivity contribution >= 4 is 18.6 Å². The van der Waals surface area contributed by atoms with Crippen molar-refractivity contribution in [2.45, 2.75) is 13.5 Å². The van der Waals surface area contributed by atoms with Gasteiger partial charge in [-0.25, -0.2) is 5.21 Å². The molecule has 1 N–H and O–H groups in total. The lowest BCUT2D eigenvalue weighted by Gasteiger charge is -2.16. The molecular weight excluding hydrogens is 198 g/mol. The van der Waals surface area contributed by atoms with Gasteiger partial charge in [0.15, 0.2) is 5.78 Å². The summed E-state index contributed by atoms with van der Waals surface area (Å²) in [4.78, 5) is 11.1. The zero-order valence-electron chi connectivity index (χ0n) is 8.27. The molecule has 1 rings (SSSR count). The van der Waals surface area contributed by atoms with Crippen molar-refractivity contribution in [1.29, 1.82) is 0 Å². The molecule has 0 aliphatic heterocycles. The third-order valence-corrected chi connectivity index (χ3v) is 1.96. The molecule has 3 nitrogen and oxygen atoms in total. The molecule has 1 aromatic carbocycles. The van der Waals surface area contributed by atoms with Gasteiger partial charge in [-0.3, -0.25) is 4.79 Å². The molecule has 4 heteroatoms. The largest absolute Gasteiger partial charge is 0.295 e. The lowest BCUT2D eigenvalue weighted by molar-refractivity contribution is -0.985. The van der Waals surface area contributed by atoms with E-state index in [1.165, 1.54) is 6.92 Å². The first-order valence-electron chi connectivity index (χ1n) is 4.29. The summed E-state index contributed by atoms with van der Waals surface area (Å²) >= 11 is 3.96. The maximum atomic E-state index is 11.1. The molecule has 0 radical (unpaired) electrons. The molecule has 0 aliphatic rings. The summed E-state index contributed by atoms with van der Waals surface area (Å²) in [6.45, 7) is 1.89. The van der Waals surface area contributed by atoms with E-state index in [-0.39, 0.29) is 5.78 Å². The van der Waals surface area contributed by atoms with Gasteiger partial charge in [0, 0.05) is 11.1 Å². The molecule has 76 valence electrons. The standard InChI is InChI=1S/C10H14NO2S/c1-8(12)10-5-3-4-9(6-10)7-11(2,13)14/h3-6,13-14H,7H2,1-2H3/q+1. The molecule has 0 amide bonds. The number of hydrogen-bond acceptors (Lipinski definition) is 3. The van der Waals surface area contributed by atoms with Crippen LogP contribution in [0.2, 0.25) is 0 Å². The molecule has 14 heavy (non-hydrogen) atoms. The second-order valence-corrected chi connectivity index (χ2v) is 4.36. The third kappa shape index (κ3) is 3.49. The highest BCUT2D eigenvalue weighted by Gasteiger charge is 2.14. The zero-order chi connectivity index (χ0) is 10.8. The van der Waals surface area contributed by atoms with E-state index >= 15 is 0 Å². The van der Waals surface area contributed by atoms with E-state index in [1.807, 2.05) is 6.07 Å². The second-order valence-electron chi connectivity index (χ2n) is 3.50. The van der Waals surface area contributed by atoms with E-state index in [1.54, 1.807) is 25.2 Å². The summed E-state index contributed by atoms with van der Waals surface area (Å²) in [7, 11) is 1.56. The number of Topliss-reactive ketones (excluding diaryl/α,β-unsaturated/α-hetero) is 1. The fourth-order valence-corrected chi connectivity index (χ4v) is 1.40. The number of carbonyl (C=O) groups excluding carboxylic acids is 1. The van der Waals surface area contributed by atoms with E-state index in [0.717, 1.165) is 5.56 Å². The van der Waals surface area contributed by atoms with Crippen LogP contribution in [0, 0.1) is 0 Å². The summed E-state index contributed by atoms with van der Waals surface area (Å²) < 4.78 is -0.429. The molecule has 0 fully saturated rings. The Morgan fingerprint density at radius 2 is 2.21 bits per heavy atom. The number of quaternary nitrogens is 1. The van der Waals surface area contributed by atoms with Crippen LogP contribution in [0.15, 0.2) is 24.3 Å². The first-order valence-corrected chi connectivity index (χ1v) is 4.69. The molecule has 0 aromatic heterocycles. The van der Waals surface area contributed by atoms with Gasteiger partial charge in [-0.05, 0) is 13.0 Å². The Bertz CT molecular complexity index is 344. The van der Waals surface area contributed by atoms with E-state index in [4.69, 9.17) is 0 Å². The average molecular weight is 212 g/mol. The van der Waals surface area contributed by atoms with Crippen LogP contribution >= 0.6 is 12.8 Å². The van der Waals surface area contributed by atoms with Gasteiger partial charge in [0.2, 0.25) is 0 Å². The molecule has 1 unspecified atom stereocenters. The van der Waals surface area contributed by atoms with Gasteiger partial charge in [0.25, 0.3) is 0 Å². The number of rotatable bonds is 3. The monoisotopic (exact) mass is 212 g/mol. The van der Waals surface area contributed by atoms with Crippen molar-refractivity contribution in [2.75, 3.05) is 7.05 Å². The van der Waals surface area contributed by atoms with E-state index in [9.17, 15) is 10.0 Å². The Balaban J connectivity index is 2.89. The summed E-state index contributed by atoms with van der Waals surface area (Å²) in [6.07, 6.45) is 0. The lowest BCUT2D eigenvalue weighted by Crippen LogP contribution is -2.27. The smallest absolute Gasteiger partial charge is 0.159 e. The molecule has 0 bridgehead atoms. The Labute approximate surface area is 89.1 Å². The van der Waals surface area contributed by atoms with Crippen LogP contribution < -0.4 is 0 Å². The Morgan fingerprint density at radius 3 is 2.71 bits per heavy atom. The maximum Gasteiger partial charge on any atom is 0.159 e. The topological polar surface area (TPSA) is 37.3 Å². The van der Waals surface area contributed by atoms with E-state index in [2.05, 4.69) is 12.8 Å². The van der Waals surface area contributed by atoms with Gasteiger partial charge in [0.05, 0.1) is 12.8 Å².